The number of methoxy groups -OCH3 is 1. The molecule has 0 aromatic carbocycles. The number of aliphatic hydroxyl groups is 1. The average molecular weight is 257 g/mol. The minimum absolute atomic E-state index is 0.182. The van der Waals surface area contributed by atoms with Crippen LogP contribution in [0.4, 0.5) is 0 Å². The fourth-order valence-electron chi connectivity index (χ4n) is 3.30. The SMILES string of the molecule is COCC(O)CCNC1CCOC2(CCCC2)C1. The second kappa shape index (κ2) is 6.85. The van der Waals surface area contributed by atoms with Crippen LogP contribution in [-0.4, -0.2) is 49.7 Å². The number of aliphatic hydroxyl groups excluding tert-OH is 1. The van der Waals surface area contributed by atoms with E-state index in [1.54, 1.807) is 7.11 Å². The summed E-state index contributed by atoms with van der Waals surface area (Å²) in [5, 5.41) is 13.2. The minimum atomic E-state index is -0.345. The maximum absolute atomic E-state index is 9.59. The Bertz CT molecular complexity index is 241. The van der Waals surface area contributed by atoms with Crippen molar-refractivity contribution in [2.24, 2.45) is 0 Å². The van der Waals surface area contributed by atoms with Gasteiger partial charge in [0.2, 0.25) is 0 Å². The van der Waals surface area contributed by atoms with E-state index in [-0.39, 0.29) is 11.7 Å². The summed E-state index contributed by atoms with van der Waals surface area (Å²) in [6.45, 7) is 2.18. The number of nitrogens with one attached hydrogen (secondary N) is 1. The molecule has 0 amide bonds. The Morgan fingerprint density at radius 1 is 1.44 bits per heavy atom. The lowest BCUT2D eigenvalue weighted by molar-refractivity contribution is -0.0838. The highest BCUT2D eigenvalue weighted by atomic mass is 16.5. The van der Waals surface area contributed by atoms with E-state index in [1.165, 1.54) is 25.7 Å². The molecule has 0 aromatic heterocycles. The molecule has 1 saturated heterocycles. The zero-order chi connectivity index (χ0) is 12.8. The summed E-state index contributed by atoms with van der Waals surface area (Å²) in [5.41, 5.74) is 0.182. The molecule has 2 aliphatic rings. The van der Waals surface area contributed by atoms with E-state index in [1.807, 2.05) is 0 Å². The van der Waals surface area contributed by atoms with Crippen LogP contribution in [0.15, 0.2) is 0 Å². The van der Waals surface area contributed by atoms with Gasteiger partial charge in [0.25, 0.3) is 0 Å². The Hall–Kier alpha value is -0.160. The standard InChI is InChI=1S/C14H27NO3/c1-17-11-13(16)4-8-15-12-5-9-18-14(10-12)6-2-3-7-14/h12-13,15-16H,2-11H2,1H3. The van der Waals surface area contributed by atoms with Crippen molar-refractivity contribution < 1.29 is 14.6 Å². The van der Waals surface area contributed by atoms with Crippen molar-refractivity contribution in [1.29, 1.82) is 0 Å². The van der Waals surface area contributed by atoms with Gasteiger partial charge >= 0.3 is 0 Å². The second-order valence-electron chi connectivity index (χ2n) is 5.78. The Labute approximate surface area is 110 Å². The lowest BCUT2D eigenvalue weighted by Gasteiger charge is -2.38. The second-order valence-corrected chi connectivity index (χ2v) is 5.78. The van der Waals surface area contributed by atoms with Gasteiger partial charge in [-0.3, -0.25) is 0 Å². The van der Waals surface area contributed by atoms with E-state index < -0.39 is 0 Å². The molecule has 1 aliphatic heterocycles. The molecule has 1 saturated carbocycles. The molecule has 0 bridgehead atoms. The highest BCUT2D eigenvalue weighted by Gasteiger charge is 2.39. The van der Waals surface area contributed by atoms with Crippen molar-refractivity contribution in [3.63, 3.8) is 0 Å². The first kappa shape index (κ1) is 14.3. The summed E-state index contributed by atoms with van der Waals surface area (Å²) >= 11 is 0. The van der Waals surface area contributed by atoms with Gasteiger partial charge in [-0.05, 0) is 38.6 Å². The molecule has 2 rings (SSSR count). The molecule has 2 atom stereocenters. The van der Waals surface area contributed by atoms with Crippen LogP contribution in [0, 0.1) is 0 Å². The first-order chi connectivity index (χ1) is 8.74. The van der Waals surface area contributed by atoms with E-state index in [4.69, 9.17) is 9.47 Å². The van der Waals surface area contributed by atoms with Gasteiger partial charge in [0.15, 0.2) is 0 Å². The van der Waals surface area contributed by atoms with E-state index in [0.717, 1.165) is 32.4 Å². The number of hydrogen-bond acceptors (Lipinski definition) is 4. The van der Waals surface area contributed by atoms with Gasteiger partial charge in [0.1, 0.15) is 0 Å². The molecule has 1 aliphatic carbocycles. The Kier molecular flexibility index (Phi) is 5.42. The highest BCUT2D eigenvalue weighted by molar-refractivity contribution is 4.93. The Morgan fingerprint density at radius 2 is 2.22 bits per heavy atom. The number of rotatable bonds is 6. The predicted octanol–water partition coefficient (Wildman–Crippen LogP) is 1.47. The summed E-state index contributed by atoms with van der Waals surface area (Å²) < 4.78 is 10.9. The smallest absolute Gasteiger partial charge is 0.0785 e. The van der Waals surface area contributed by atoms with Crippen molar-refractivity contribution in [2.75, 3.05) is 26.9 Å². The molecule has 1 spiro atoms. The molecule has 18 heavy (non-hydrogen) atoms. The van der Waals surface area contributed by atoms with Crippen molar-refractivity contribution in [3.8, 4) is 0 Å². The monoisotopic (exact) mass is 257 g/mol. The first-order valence-corrected chi connectivity index (χ1v) is 7.28. The van der Waals surface area contributed by atoms with E-state index >= 15 is 0 Å². The van der Waals surface area contributed by atoms with Crippen LogP contribution < -0.4 is 5.32 Å². The highest BCUT2D eigenvalue weighted by Crippen LogP contribution is 2.39. The van der Waals surface area contributed by atoms with E-state index in [9.17, 15) is 5.11 Å². The fraction of sp³-hybridized carbons (Fsp3) is 1.00. The molecule has 4 nitrogen and oxygen atoms in total. The molecule has 0 radical (unpaired) electrons. The van der Waals surface area contributed by atoms with Gasteiger partial charge in [-0.1, -0.05) is 12.8 Å². The fourth-order valence-corrected chi connectivity index (χ4v) is 3.30. The minimum Gasteiger partial charge on any atom is -0.391 e. The maximum atomic E-state index is 9.59. The first-order valence-electron chi connectivity index (χ1n) is 7.28. The third-order valence-corrected chi connectivity index (χ3v) is 4.28. The van der Waals surface area contributed by atoms with Gasteiger partial charge in [0.05, 0.1) is 18.3 Å². The summed E-state index contributed by atoms with van der Waals surface area (Å²) in [5.74, 6) is 0. The number of ether oxygens (including phenoxy) is 2. The van der Waals surface area contributed by atoms with Gasteiger partial charge in [-0.25, -0.2) is 0 Å². The lowest BCUT2D eigenvalue weighted by Crippen LogP contribution is -2.46. The largest absolute Gasteiger partial charge is 0.391 e. The summed E-state index contributed by atoms with van der Waals surface area (Å²) in [6, 6.07) is 0.562. The zero-order valence-corrected chi connectivity index (χ0v) is 11.5. The Morgan fingerprint density at radius 3 is 2.94 bits per heavy atom. The summed E-state index contributed by atoms with van der Waals surface area (Å²) in [7, 11) is 1.62. The van der Waals surface area contributed by atoms with Crippen LogP contribution in [0.3, 0.4) is 0 Å². The summed E-state index contributed by atoms with van der Waals surface area (Å²) in [6.07, 6.45) is 7.77. The molecule has 1 heterocycles. The van der Waals surface area contributed by atoms with Crippen molar-refractivity contribution >= 4 is 0 Å². The molecule has 4 heteroatoms. The lowest BCUT2D eigenvalue weighted by atomic mass is 9.89. The Balaban J connectivity index is 1.66. The van der Waals surface area contributed by atoms with E-state index in [2.05, 4.69) is 5.32 Å². The van der Waals surface area contributed by atoms with Crippen LogP contribution in [-0.2, 0) is 9.47 Å². The molecule has 0 aromatic rings. The molecule has 2 N–H and O–H groups in total. The van der Waals surface area contributed by atoms with Gasteiger partial charge in [-0.15, -0.1) is 0 Å². The van der Waals surface area contributed by atoms with Crippen LogP contribution in [0.1, 0.15) is 44.9 Å². The predicted molar refractivity (Wildman–Crippen MR) is 70.7 cm³/mol. The van der Waals surface area contributed by atoms with Crippen LogP contribution in [0.2, 0.25) is 0 Å². The molecular formula is C14H27NO3. The van der Waals surface area contributed by atoms with Crippen LogP contribution >= 0.6 is 0 Å². The van der Waals surface area contributed by atoms with Crippen molar-refractivity contribution in [2.45, 2.75) is 62.7 Å². The zero-order valence-electron chi connectivity index (χ0n) is 11.5. The van der Waals surface area contributed by atoms with Crippen molar-refractivity contribution in [1.82, 2.24) is 5.32 Å². The van der Waals surface area contributed by atoms with E-state index in [0.29, 0.717) is 12.6 Å². The van der Waals surface area contributed by atoms with Crippen LogP contribution in [0.25, 0.3) is 0 Å². The average Bonchev–Trinajstić information content (AvgIpc) is 2.78. The van der Waals surface area contributed by atoms with Crippen LogP contribution in [0.5, 0.6) is 0 Å². The van der Waals surface area contributed by atoms with Gasteiger partial charge < -0.3 is 19.9 Å². The quantitative estimate of drug-likeness (QED) is 0.756. The number of hydrogen-bond donors (Lipinski definition) is 2. The summed E-state index contributed by atoms with van der Waals surface area (Å²) in [4.78, 5) is 0. The topological polar surface area (TPSA) is 50.7 Å². The molecule has 106 valence electrons. The van der Waals surface area contributed by atoms with Gasteiger partial charge in [0, 0.05) is 19.8 Å². The third-order valence-electron chi connectivity index (χ3n) is 4.28. The normalized spacial score (nSPS) is 28.7. The third kappa shape index (κ3) is 3.92. The van der Waals surface area contributed by atoms with Gasteiger partial charge in [-0.2, -0.15) is 0 Å². The molecular weight excluding hydrogens is 230 g/mol. The maximum Gasteiger partial charge on any atom is 0.0785 e. The molecule has 2 unspecified atom stereocenters. The van der Waals surface area contributed by atoms with Crippen molar-refractivity contribution in [3.05, 3.63) is 0 Å². The molecule has 2 fully saturated rings.